The molecule has 0 aromatic carbocycles. The molecule has 0 bridgehead atoms. The molecule has 31 heavy (non-hydrogen) atoms. The number of carbonyl (C=O) groups is 2. The van der Waals surface area contributed by atoms with Crippen molar-refractivity contribution >= 4 is 33.7 Å². The predicted molar refractivity (Wildman–Crippen MR) is 122 cm³/mol. The fraction of sp³-hybridized carbons (Fsp3) is 0.364. The molecule has 4 rings (SSSR count). The van der Waals surface area contributed by atoms with Gasteiger partial charge in [0.05, 0.1) is 16.4 Å². The van der Waals surface area contributed by atoms with Crippen molar-refractivity contribution in [3.8, 4) is 11.5 Å². The first-order valence-corrected chi connectivity index (χ1v) is 11.3. The Morgan fingerprint density at radius 2 is 2.03 bits per heavy atom. The Hall–Kier alpha value is -3.04. The van der Waals surface area contributed by atoms with Crippen LogP contribution in [0.4, 0.5) is 10.7 Å². The highest BCUT2D eigenvalue weighted by Gasteiger charge is 2.20. The molecule has 0 aliphatic carbocycles. The van der Waals surface area contributed by atoms with Crippen molar-refractivity contribution in [1.82, 2.24) is 19.9 Å². The van der Waals surface area contributed by atoms with Crippen molar-refractivity contribution in [3.63, 3.8) is 0 Å². The Kier molecular flexibility index (Phi) is 6.43. The van der Waals surface area contributed by atoms with Crippen molar-refractivity contribution < 1.29 is 9.59 Å². The first-order chi connectivity index (χ1) is 15.0. The Morgan fingerprint density at radius 3 is 2.71 bits per heavy atom. The van der Waals surface area contributed by atoms with Crippen LogP contribution in [0.1, 0.15) is 24.6 Å². The zero-order valence-electron chi connectivity index (χ0n) is 17.7. The van der Waals surface area contributed by atoms with Crippen LogP contribution < -0.4 is 10.2 Å². The lowest BCUT2D eigenvalue weighted by Crippen LogP contribution is -2.46. The molecule has 2 N–H and O–H groups in total. The second-order valence-electron chi connectivity index (χ2n) is 7.55. The van der Waals surface area contributed by atoms with Crippen LogP contribution in [0.2, 0.25) is 0 Å². The lowest BCUT2D eigenvalue weighted by Gasteiger charge is -2.36. The van der Waals surface area contributed by atoms with Crippen LogP contribution in [0.3, 0.4) is 0 Å². The van der Waals surface area contributed by atoms with Gasteiger partial charge in [0.1, 0.15) is 5.69 Å². The van der Waals surface area contributed by atoms with Gasteiger partial charge in [-0.2, -0.15) is 0 Å². The number of aromatic amines is 1. The van der Waals surface area contributed by atoms with Crippen molar-refractivity contribution in [2.45, 2.75) is 26.8 Å². The number of pyridine rings is 1. The number of hydrogen-bond acceptors (Lipinski definition) is 7. The summed E-state index contributed by atoms with van der Waals surface area (Å²) >= 11 is 1.46. The van der Waals surface area contributed by atoms with Gasteiger partial charge in [0.15, 0.2) is 5.82 Å². The van der Waals surface area contributed by atoms with E-state index < -0.39 is 11.7 Å². The van der Waals surface area contributed by atoms with Gasteiger partial charge in [-0.15, -0.1) is 11.3 Å². The van der Waals surface area contributed by atoms with Gasteiger partial charge < -0.3 is 15.2 Å². The van der Waals surface area contributed by atoms with Gasteiger partial charge in [-0.05, 0) is 36.1 Å². The van der Waals surface area contributed by atoms with Crippen LogP contribution in [0.5, 0.6) is 0 Å². The van der Waals surface area contributed by atoms with Gasteiger partial charge in [-0.25, -0.2) is 9.97 Å². The molecule has 1 aliphatic heterocycles. The maximum atomic E-state index is 11.7. The predicted octanol–water partition coefficient (Wildman–Crippen LogP) is 3.08. The number of aromatic nitrogens is 3. The van der Waals surface area contributed by atoms with E-state index in [2.05, 4.69) is 31.2 Å². The number of nitrogens with zero attached hydrogens (tertiary/aromatic N) is 4. The summed E-state index contributed by atoms with van der Waals surface area (Å²) in [6, 6.07) is 6.10. The highest BCUT2D eigenvalue weighted by Crippen LogP contribution is 2.25. The fourth-order valence-corrected chi connectivity index (χ4v) is 4.49. The van der Waals surface area contributed by atoms with Crippen LogP contribution in [0.15, 0.2) is 36.0 Å². The lowest BCUT2D eigenvalue weighted by atomic mass is 10.2. The summed E-state index contributed by atoms with van der Waals surface area (Å²) in [4.78, 5) is 40.1. The Bertz CT molecular complexity index is 1050. The van der Waals surface area contributed by atoms with Crippen LogP contribution in [-0.4, -0.2) is 57.7 Å². The Balaban J connectivity index is 1.31. The van der Waals surface area contributed by atoms with E-state index in [0.717, 1.165) is 66.2 Å². The van der Waals surface area contributed by atoms with E-state index in [9.17, 15) is 9.59 Å². The fourth-order valence-electron chi connectivity index (χ4n) is 3.70. The number of piperazine rings is 1. The SMILES string of the molecule is CCC(=O)C(=O)Nc1cc(CN2CCN(c3ccc(-c4ncc[nH]4)nc3C)CC2)cs1. The molecular formula is C22H26N6O2S. The quantitative estimate of drug-likeness (QED) is 0.551. The van der Waals surface area contributed by atoms with Crippen LogP contribution in [0, 0.1) is 6.92 Å². The van der Waals surface area contributed by atoms with Crippen molar-refractivity contribution in [3.05, 3.63) is 47.2 Å². The molecular weight excluding hydrogens is 412 g/mol. The average molecular weight is 439 g/mol. The summed E-state index contributed by atoms with van der Waals surface area (Å²) in [5, 5.41) is 5.45. The molecule has 162 valence electrons. The normalized spacial score (nSPS) is 14.6. The zero-order chi connectivity index (χ0) is 21.8. The maximum absolute atomic E-state index is 11.7. The number of imidazole rings is 1. The number of amides is 1. The van der Waals surface area contributed by atoms with Crippen molar-refractivity contribution in [2.24, 2.45) is 0 Å². The molecule has 0 radical (unpaired) electrons. The second kappa shape index (κ2) is 9.40. The Morgan fingerprint density at radius 1 is 1.23 bits per heavy atom. The molecule has 0 saturated carbocycles. The van der Waals surface area contributed by atoms with Gasteiger partial charge in [-0.3, -0.25) is 14.5 Å². The summed E-state index contributed by atoms with van der Waals surface area (Å²) in [7, 11) is 0. The largest absolute Gasteiger partial charge is 0.368 e. The number of anilines is 2. The molecule has 8 nitrogen and oxygen atoms in total. The highest BCUT2D eigenvalue weighted by molar-refractivity contribution is 7.14. The molecule has 0 unspecified atom stereocenters. The minimum absolute atomic E-state index is 0.217. The number of carbonyl (C=O) groups excluding carboxylic acids is 2. The number of ketones is 1. The van der Waals surface area contributed by atoms with Gasteiger partial charge >= 0.3 is 0 Å². The van der Waals surface area contributed by atoms with E-state index in [0.29, 0.717) is 0 Å². The molecule has 4 heterocycles. The molecule has 1 aliphatic rings. The van der Waals surface area contributed by atoms with Gasteiger partial charge in [0.2, 0.25) is 5.78 Å². The van der Waals surface area contributed by atoms with E-state index >= 15 is 0 Å². The molecule has 3 aromatic rings. The van der Waals surface area contributed by atoms with Gasteiger partial charge in [0, 0.05) is 51.5 Å². The third-order valence-electron chi connectivity index (χ3n) is 5.38. The first kappa shape index (κ1) is 21.2. The van der Waals surface area contributed by atoms with E-state index in [1.54, 1.807) is 19.3 Å². The van der Waals surface area contributed by atoms with Gasteiger partial charge in [0.25, 0.3) is 5.91 Å². The number of Topliss-reactive ketones (excluding diaryl/α,β-unsaturated/α-hetero) is 1. The number of thiophene rings is 1. The number of rotatable bonds is 7. The topological polar surface area (TPSA) is 94.2 Å². The molecule has 0 atom stereocenters. The Labute approximate surface area is 185 Å². The first-order valence-electron chi connectivity index (χ1n) is 10.4. The van der Waals surface area contributed by atoms with Crippen LogP contribution in [-0.2, 0) is 16.1 Å². The number of H-pyrrole nitrogens is 1. The minimum Gasteiger partial charge on any atom is -0.368 e. The summed E-state index contributed by atoms with van der Waals surface area (Å²) < 4.78 is 0. The van der Waals surface area contributed by atoms with E-state index in [-0.39, 0.29) is 6.42 Å². The van der Waals surface area contributed by atoms with E-state index in [1.807, 2.05) is 24.4 Å². The molecule has 1 fully saturated rings. The summed E-state index contributed by atoms with van der Waals surface area (Å²) in [5.74, 6) is -0.149. The molecule has 0 spiro atoms. The van der Waals surface area contributed by atoms with Crippen molar-refractivity contribution in [1.29, 1.82) is 0 Å². The summed E-state index contributed by atoms with van der Waals surface area (Å²) in [5.41, 5.74) is 4.17. The molecule has 1 saturated heterocycles. The number of aryl methyl sites for hydroxylation is 1. The third-order valence-corrected chi connectivity index (χ3v) is 6.28. The second-order valence-corrected chi connectivity index (χ2v) is 8.46. The summed E-state index contributed by atoms with van der Waals surface area (Å²) in [6.07, 6.45) is 3.75. The molecule has 3 aromatic heterocycles. The number of nitrogens with one attached hydrogen (secondary N) is 2. The highest BCUT2D eigenvalue weighted by atomic mass is 32.1. The minimum atomic E-state index is -0.536. The lowest BCUT2D eigenvalue weighted by molar-refractivity contribution is -0.134. The molecule has 9 heteroatoms. The molecule has 1 amide bonds. The zero-order valence-corrected chi connectivity index (χ0v) is 18.5. The van der Waals surface area contributed by atoms with Gasteiger partial charge in [-0.1, -0.05) is 6.92 Å². The van der Waals surface area contributed by atoms with Crippen LogP contribution >= 0.6 is 11.3 Å². The summed E-state index contributed by atoms with van der Waals surface area (Å²) in [6.45, 7) is 8.32. The van der Waals surface area contributed by atoms with Crippen molar-refractivity contribution in [2.75, 3.05) is 36.4 Å². The maximum Gasteiger partial charge on any atom is 0.292 e. The standard InChI is InChI=1S/C22H26N6O2S/c1-3-19(29)22(30)26-20-12-16(14-31-20)13-27-8-10-28(11-9-27)18-5-4-17(25-15(18)2)21-23-6-7-24-21/h4-7,12,14H,3,8-11,13H2,1-2H3,(H,23,24)(H,26,30). The smallest absolute Gasteiger partial charge is 0.292 e. The van der Waals surface area contributed by atoms with E-state index in [4.69, 9.17) is 4.98 Å². The average Bonchev–Trinajstić information content (AvgIpc) is 3.46. The van der Waals surface area contributed by atoms with Crippen LogP contribution in [0.25, 0.3) is 11.5 Å². The van der Waals surface area contributed by atoms with E-state index in [1.165, 1.54) is 11.3 Å². The number of hydrogen-bond donors (Lipinski definition) is 2. The third kappa shape index (κ3) is 5.00. The monoisotopic (exact) mass is 438 g/mol.